The van der Waals surface area contributed by atoms with Crippen LogP contribution in [0.5, 0.6) is 0 Å². The standard InChI is InChI=1S/C15H13BrN2OS2/c1-18(7-10-6-9(16)8-20-10)15(19)14-13(17)11-4-2-3-5-12(11)21-14/h2-6,8H,7,17H2,1H3. The van der Waals surface area contributed by atoms with Crippen LogP contribution in [-0.2, 0) is 6.54 Å². The smallest absolute Gasteiger partial charge is 0.266 e. The number of nitrogens with zero attached hydrogens (tertiary/aromatic N) is 1. The average molecular weight is 381 g/mol. The summed E-state index contributed by atoms with van der Waals surface area (Å²) in [5, 5.41) is 2.97. The van der Waals surface area contributed by atoms with Crippen molar-refractivity contribution in [2.75, 3.05) is 12.8 Å². The van der Waals surface area contributed by atoms with E-state index in [1.807, 2.05) is 35.7 Å². The zero-order valence-electron chi connectivity index (χ0n) is 11.3. The number of amides is 1. The van der Waals surface area contributed by atoms with Gasteiger partial charge in [-0.15, -0.1) is 22.7 Å². The normalized spacial score (nSPS) is 11.0. The summed E-state index contributed by atoms with van der Waals surface area (Å²) in [5.74, 6) is -0.0294. The summed E-state index contributed by atoms with van der Waals surface area (Å²) in [6.45, 7) is 0.586. The zero-order chi connectivity index (χ0) is 15.0. The number of fused-ring (bicyclic) bond motifs is 1. The molecule has 1 amide bonds. The highest BCUT2D eigenvalue weighted by atomic mass is 79.9. The second kappa shape index (κ2) is 5.79. The molecule has 3 rings (SSSR count). The van der Waals surface area contributed by atoms with Crippen molar-refractivity contribution < 1.29 is 4.79 Å². The molecule has 0 fully saturated rings. The first-order valence-corrected chi connectivity index (χ1v) is 8.80. The molecule has 0 saturated carbocycles. The van der Waals surface area contributed by atoms with Crippen LogP contribution in [0.2, 0.25) is 0 Å². The van der Waals surface area contributed by atoms with Crippen LogP contribution in [0.15, 0.2) is 40.2 Å². The Morgan fingerprint density at radius 3 is 2.81 bits per heavy atom. The van der Waals surface area contributed by atoms with Crippen LogP contribution in [0.25, 0.3) is 10.1 Å². The second-order valence-electron chi connectivity index (χ2n) is 4.73. The number of nitrogens with two attached hydrogens (primary N) is 1. The number of carbonyl (C=O) groups excluding carboxylic acids is 1. The number of thiophene rings is 2. The predicted molar refractivity (Wildman–Crippen MR) is 94.1 cm³/mol. The van der Waals surface area contributed by atoms with Crippen LogP contribution in [-0.4, -0.2) is 17.9 Å². The van der Waals surface area contributed by atoms with Gasteiger partial charge in [-0.2, -0.15) is 0 Å². The minimum atomic E-state index is -0.0294. The lowest BCUT2D eigenvalue weighted by Crippen LogP contribution is -2.25. The van der Waals surface area contributed by atoms with E-state index in [9.17, 15) is 4.79 Å². The van der Waals surface area contributed by atoms with E-state index < -0.39 is 0 Å². The molecule has 0 aliphatic rings. The highest BCUT2D eigenvalue weighted by Crippen LogP contribution is 2.34. The minimum absolute atomic E-state index is 0.0294. The summed E-state index contributed by atoms with van der Waals surface area (Å²) in [7, 11) is 1.81. The van der Waals surface area contributed by atoms with Crippen LogP contribution >= 0.6 is 38.6 Å². The minimum Gasteiger partial charge on any atom is -0.397 e. The van der Waals surface area contributed by atoms with E-state index in [0.717, 1.165) is 19.4 Å². The third-order valence-electron chi connectivity index (χ3n) is 3.19. The molecule has 6 heteroatoms. The third-order valence-corrected chi connectivity index (χ3v) is 6.05. The van der Waals surface area contributed by atoms with Crippen LogP contribution in [0, 0.1) is 0 Å². The SMILES string of the molecule is CN(Cc1cc(Br)cs1)C(=O)c1sc2ccccc2c1N. The highest BCUT2D eigenvalue weighted by Gasteiger charge is 2.20. The van der Waals surface area contributed by atoms with Crippen molar-refractivity contribution in [2.45, 2.75) is 6.54 Å². The molecule has 0 spiro atoms. The number of benzene rings is 1. The van der Waals surface area contributed by atoms with E-state index >= 15 is 0 Å². The van der Waals surface area contributed by atoms with Crippen molar-refractivity contribution in [2.24, 2.45) is 0 Å². The van der Waals surface area contributed by atoms with Gasteiger partial charge in [0.25, 0.3) is 5.91 Å². The van der Waals surface area contributed by atoms with Gasteiger partial charge in [0.2, 0.25) is 0 Å². The van der Waals surface area contributed by atoms with Gasteiger partial charge in [-0.25, -0.2) is 0 Å². The van der Waals surface area contributed by atoms with E-state index in [0.29, 0.717) is 17.1 Å². The van der Waals surface area contributed by atoms with Gasteiger partial charge in [-0.05, 0) is 28.1 Å². The molecule has 0 atom stereocenters. The van der Waals surface area contributed by atoms with Gasteiger partial charge in [-0.1, -0.05) is 18.2 Å². The molecule has 0 unspecified atom stereocenters. The molecule has 0 radical (unpaired) electrons. The molecular formula is C15H13BrN2OS2. The van der Waals surface area contributed by atoms with E-state index in [1.54, 1.807) is 23.3 Å². The van der Waals surface area contributed by atoms with Gasteiger partial charge in [-0.3, -0.25) is 4.79 Å². The first-order valence-electron chi connectivity index (χ1n) is 6.31. The van der Waals surface area contributed by atoms with Crippen LogP contribution in [0.3, 0.4) is 0 Å². The summed E-state index contributed by atoms with van der Waals surface area (Å²) < 4.78 is 2.09. The van der Waals surface area contributed by atoms with Gasteiger partial charge >= 0.3 is 0 Å². The molecule has 2 heterocycles. The molecule has 2 N–H and O–H groups in total. The van der Waals surface area contributed by atoms with Gasteiger partial charge in [0.05, 0.1) is 12.2 Å². The molecule has 21 heavy (non-hydrogen) atoms. The Hall–Kier alpha value is -1.37. The quantitative estimate of drug-likeness (QED) is 0.722. The number of nitrogen functional groups attached to an aromatic ring is 1. The van der Waals surface area contributed by atoms with Crippen LogP contribution in [0.1, 0.15) is 14.5 Å². The zero-order valence-corrected chi connectivity index (χ0v) is 14.5. The van der Waals surface area contributed by atoms with Gasteiger partial charge in [0, 0.05) is 31.9 Å². The van der Waals surface area contributed by atoms with Crippen LogP contribution < -0.4 is 5.73 Å². The first kappa shape index (κ1) is 14.6. The number of carbonyl (C=O) groups is 1. The van der Waals surface area contributed by atoms with Crippen molar-refractivity contribution in [1.29, 1.82) is 0 Å². The summed E-state index contributed by atoms with van der Waals surface area (Å²) >= 11 is 6.51. The number of rotatable bonds is 3. The second-order valence-corrected chi connectivity index (χ2v) is 7.70. The fourth-order valence-electron chi connectivity index (χ4n) is 2.14. The van der Waals surface area contributed by atoms with Gasteiger partial charge < -0.3 is 10.6 Å². The third kappa shape index (κ3) is 2.84. The topological polar surface area (TPSA) is 46.3 Å². The molecule has 0 aliphatic heterocycles. The van der Waals surface area contributed by atoms with Crippen LogP contribution in [0.4, 0.5) is 5.69 Å². The molecule has 0 aliphatic carbocycles. The average Bonchev–Trinajstić information content (AvgIpc) is 3.03. The maximum absolute atomic E-state index is 12.6. The Morgan fingerprint density at radius 2 is 2.14 bits per heavy atom. The Balaban J connectivity index is 1.87. The molecule has 108 valence electrons. The number of halogens is 1. The molecular weight excluding hydrogens is 368 g/mol. The van der Waals surface area contributed by atoms with E-state index in [1.165, 1.54) is 11.3 Å². The number of anilines is 1. The Morgan fingerprint density at radius 1 is 1.38 bits per heavy atom. The number of hydrogen-bond acceptors (Lipinski definition) is 4. The maximum Gasteiger partial charge on any atom is 0.266 e. The first-order chi connectivity index (χ1) is 10.1. The Labute approximate surface area is 139 Å². The van der Waals surface area contributed by atoms with Crippen molar-refractivity contribution in [3.05, 3.63) is 49.9 Å². The highest BCUT2D eigenvalue weighted by molar-refractivity contribution is 9.10. The van der Waals surface area contributed by atoms with Crippen molar-refractivity contribution >= 4 is 60.3 Å². The predicted octanol–water partition coefficient (Wildman–Crippen LogP) is 4.58. The summed E-state index contributed by atoms with van der Waals surface area (Å²) in [6.07, 6.45) is 0. The fraction of sp³-hybridized carbons (Fsp3) is 0.133. The summed E-state index contributed by atoms with van der Waals surface area (Å²) in [4.78, 5) is 16.1. The van der Waals surface area contributed by atoms with Crippen molar-refractivity contribution in [3.63, 3.8) is 0 Å². The largest absolute Gasteiger partial charge is 0.397 e. The lowest BCUT2D eigenvalue weighted by atomic mass is 10.2. The van der Waals surface area contributed by atoms with Crippen molar-refractivity contribution in [3.8, 4) is 0 Å². The van der Waals surface area contributed by atoms with E-state index in [-0.39, 0.29) is 5.91 Å². The molecule has 1 aromatic carbocycles. The molecule has 3 nitrogen and oxygen atoms in total. The van der Waals surface area contributed by atoms with Crippen molar-refractivity contribution in [1.82, 2.24) is 4.90 Å². The summed E-state index contributed by atoms with van der Waals surface area (Å²) in [5.41, 5.74) is 6.72. The van der Waals surface area contributed by atoms with Gasteiger partial charge in [0.15, 0.2) is 0 Å². The lowest BCUT2D eigenvalue weighted by Gasteiger charge is -2.15. The van der Waals surface area contributed by atoms with E-state index in [2.05, 4.69) is 15.9 Å². The Bertz CT molecular complexity index is 809. The number of hydrogen-bond donors (Lipinski definition) is 1. The maximum atomic E-state index is 12.6. The molecule has 0 saturated heterocycles. The lowest BCUT2D eigenvalue weighted by molar-refractivity contribution is 0.0792. The Kier molecular flexibility index (Phi) is 4.01. The molecule has 2 aromatic heterocycles. The summed E-state index contributed by atoms with van der Waals surface area (Å²) in [6, 6.07) is 9.87. The fourth-order valence-corrected chi connectivity index (χ4v) is 4.76. The molecule has 3 aromatic rings. The van der Waals surface area contributed by atoms with Gasteiger partial charge in [0.1, 0.15) is 4.88 Å². The monoisotopic (exact) mass is 380 g/mol. The van der Waals surface area contributed by atoms with E-state index in [4.69, 9.17) is 5.73 Å². The molecule has 0 bridgehead atoms.